The molecule has 1 aliphatic rings. The van der Waals surface area contributed by atoms with E-state index >= 15 is 0 Å². The van der Waals surface area contributed by atoms with Crippen molar-refractivity contribution in [2.45, 2.75) is 25.3 Å². The second-order valence-electron chi connectivity index (χ2n) is 7.19. The summed E-state index contributed by atoms with van der Waals surface area (Å²) in [7, 11) is 0. The van der Waals surface area contributed by atoms with Crippen molar-refractivity contribution in [3.63, 3.8) is 0 Å². The van der Waals surface area contributed by atoms with Gasteiger partial charge in [-0.3, -0.25) is 4.79 Å². The van der Waals surface area contributed by atoms with Crippen molar-refractivity contribution in [3.8, 4) is 11.5 Å². The Morgan fingerprint density at radius 3 is 2.97 bits per heavy atom. The van der Waals surface area contributed by atoms with Gasteiger partial charge in [0, 0.05) is 31.9 Å². The number of fused-ring (bicyclic) bond motifs is 1. The average molecular weight is 391 g/mol. The number of hydrogen-bond acceptors (Lipinski definition) is 5. The smallest absolute Gasteiger partial charge is 0.231 e. The van der Waals surface area contributed by atoms with Crippen LogP contribution in [0.3, 0.4) is 0 Å². The van der Waals surface area contributed by atoms with Gasteiger partial charge in [-0.15, -0.1) is 0 Å². The van der Waals surface area contributed by atoms with Gasteiger partial charge in [0.2, 0.25) is 17.6 Å². The maximum atomic E-state index is 13.5. The maximum Gasteiger partial charge on any atom is 0.231 e. The number of hydrogen-bond donors (Lipinski definition) is 0. The van der Waals surface area contributed by atoms with Gasteiger partial charge in [0.25, 0.3) is 0 Å². The number of imidazole rings is 1. The highest BCUT2D eigenvalue weighted by atomic mass is 19.1. The van der Waals surface area contributed by atoms with Crippen LogP contribution in [0.25, 0.3) is 17.2 Å². The zero-order chi connectivity index (χ0) is 19.8. The minimum absolute atomic E-state index is 0.0469. The van der Waals surface area contributed by atoms with Crippen molar-refractivity contribution < 1.29 is 13.7 Å². The summed E-state index contributed by atoms with van der Waals surface area (Å²) >= 11 is 0. The van der Waals surface area contributed by atoms with Crippen LogP contribution in [-0.2, 0) is 11.3 Å². The van der Waals surface area contributed by atoms with Crippen LogP contribution in [0, 0.1) is 5.82 Å². The molecule has 1 saturated heterocycles. The van der Waals surface area contributed by atoms with E-state index in [2.05, 4.69) is 15.1 Å². The van der Waals surface area contributed by atoms with Crippen molar-refractivity contribution in [2.24, 2.45) is 0 Å². The number of halogens is 1. The Balaban J connectivity index is 1.35. The summed E-state index contributed by atoms with van der Waals surface area (Å²) in [5.74, 6) is 0.605. The SMILES string of the molecule is O=C1CC[C@H](c2nc(-c3cn4ccccc4n3)no2)CN1Cc1cccc(F)c1. The van der Waals surface area contributed by atoms with Crippen LogP contribution in [0.1, 0.15) is 30.2 Å². The van der Waals surface area contributed by atoms with E-state index in [0.717, 1.165) is 11.2 Å². The van der Waals surface area contributed by atoms with E-state index in [-0.39, 0.29) is 17.6 Å². The maximum absolute atomic E-state index is 13.5. The Bertz CT molecular complexity index is 1150. The molecule has 1 atom stereocenters. The molecule has 7 nitrogen and oxygen atoms in total. The van der Waals surface area contributed by atoms with Gasteiger partial charge in [-0.25, -0.2) is 9.37 Å². The van der Waals surface area contributed by atoms with Gasteiger partial charge in [-0.05, 0) is 36.2 Å². The van der Waals surface area contributed by atoms with Crippen molar-refractivity contribution in [1.82, 2.24) is 24.4 Å². The van der Waals surface area contributed by atoms with Crippen molar-refractivity contribution in [1.29, 1.82) is 0 Å². The first kappa shape index (κ1) is 17.5. The number of carbonyl (C=O) groups is 1. The van der Waals surface area contributed by atoms with Crippen LogP contribution in [0.4, 0.5) is 4.39 Å². The fourth-order valence-electron chi connectivity index (χ4n) is 3.67. The molecule has 8 heteroatoms. The van der Waals surface area contributed by atoms with Gasteiger partial charge in [-0.2, -0.15) is 4.98 Å². The summed E-state index contributed by atoms with van der Waals surface area (Å²) in [5, 5.41) is 4.08. The minimum atomic E-state index is -0.308. The number of nitrogens with zero attached hydrogens (tertiary/aromatic N) is 5. The third-order valence-corrected chi connectivity index (χ3v) is 5.15. The first-order chi connectivity index (χ1) is 14.2. The molecule has 4 aromatic rings. The Labute approximate surface area is 165 Å². The fourth-order valence-corrected chi connectivity index (χ4v) is 3.67. The van der Waals surface area contributed by atoms with Crippen LogP contribution in [0.2, 0.25) is 0 Å². The van der Waals surface area contributed by atoms with E-state index in [4.69, 9.17) is 4.52 Å². The predicted octanol–water partition coefficient (Wildman–Crippen LogP) is 3.43. The van der Waals surface area contributed by atoms with Crippen LogP contribution in [0.15, 0.2) is 59.4 Å². The molecule has 0 aliphatic carbocycles. The van der Waals surface area contributed by atoms with Gasteiger partial charge >= 0.3 is 0 Å². The Morgan fingerprint density at radius 1 is 1.17 bits per heavy atom. The molecule has 0 N–H and O–H groups in total. The number of piperidine rings is 1. The van der Waals surface area contributed by atoms with Crippen molar-refractivity contribution in [2.75, 3.05) is 6.54 Å². The molecule has 146 valence electrons. The molecule has 0 spiro atoms. The average Bonchev–Trinajstić information content (AvgIpc) is 3.36. The molecule has 0 unspecified atom stereocenters. The molecule has 0 saturated carbocycles. The molecule has 1 aromatic carbocycles. The second kappa shape index (κ2) is 7.12. The molecular weight excluding hydrogens is 373 g/mol. The Morgan fingerprint density at radius 2 is 2.10 bits per heavy atom. The lowest BCUT2D eigenvalue weighted by molar-refractivity contribution is -0.134. The third-order valence-electron chi connectivity index (χ3n) is 5.15. The fraction of sp³-hybridized carbons (Fsp3) is 0.238. The second-order valence-corrected chi connectivity index (χ2v) is 7.19. The summed E-state index contributed by atoms with van der Waals surface area (Å²) in [5.41, 5.74) is 2.20. The largest absolute Gasteiger partial charge is 0.339 e. The van der Waals surface area contributed by atoms with Gasteiger partial charge in [0.05, 0.1) is 5.92 Å². The van der Waals surface area contributed by atoms with E-state index < -0.39 is 0 Å². The minimum Gasteiger partial charge on any atom is -0.339 e. The normalized spacial score (nSPS) is 17.2. The molecule has 0 bridgehead atoms. The summed E-state index contributed by atoms with van der Waals surface area (Å²) < 4.78 is 20.9. The Hall–Kier alpha value is -3.55. The number of amides is 1. The van der Waals surface area contributed by atoms with Crippen LogP contribution in [-0.4, -0.2) is 36.9 Å². The van der Waals surface area contributed by atoms with Gasteiger partial charge in [-0.1, -0.05) is 23.4 Å². The van der Waals surface area contributed by atoms with Crippen molar-refractivity contribution >= 4 is 11.6 Å². The van der Waals surface area contributed by atoms with E-state index in [1.54, 1.807) is 11.0 Å². The van der Waals surface area contributed by atoms with Gasteiger partial charge in [0.15, 0.2) is 0 Å². The highest BCUT2D eigenvalue weighted by Gasteiger charge is 2.30. The summed E-state index contributed by atoms with van der Waals surface area (Å²) in [6.45, 7) is 0.822. The molecule has 4 heterocycles. The number of benzene rings is 1. The zero-order valence-electron chi connectivity index (χ0n) is 15.5. The number of likely N-dealkylation sites (tertiary alicyclic amines) is 1. The quantitative estimate of drug-likeness (QED) is 0.533. The molecular formula is C21H18FN5O2. The molecule has 0 radical (unpaired) electrons. The molecule has 3 aromatic heterocycles. The van der Waals surface area contributed by atoms with Crippen LogP contribution < -0.4 is 0 Å². The van der Waals surface area contributed by atoms with Gasteiger partial charge < -0.3 is 13.8 Å². The monoisotopic (exact) mass is 391 g/mol. The standard InChI is InChI=1S/C21H18FN5O2/c22-16-5-3-4-14(10-16)11-27-12-15(7-8-19(27)28)21-24-20(25-29-21)17-13-26-9-2-1-6-18(26)23-17/h1-6,9-10,13,15H,7-8,11-12H2/t15-/m0/s1. The zero-order valence-corrected chi connectivity index (χ0v) is 15.5. The molecule has 29 heavy (non-hydrogen) atoms. The molecule has 5 rings (SSSR count). The van der Waals surface area contributed by atoms with Crippen LogP contribution >= 0.6 is 0 Å². The van der Waals surface area contributed by atoms with Gasteiger partial charge in [0.1, 0.15) is 17.2 Å². The number of pyridine rings is 1. The number of rotatable bonds is 4. The van der Waals surface area contributed by atoms with Crippen molar-refractivity contribution in [3.05, 3.63) is 72.1 Å². The lowest BCUT2D eigenvalue weighted by Gasteiger charge is -2.31. The molecule has 1 aliphatic heterocycles. The predicted molar refractivity (Wildman–Crippen MR) is 102 cm³/mol. The highest BCUT2D eigenvalue weighted by Crippen LogP contribution is 2.29. The number of carbonyl (C=O) groups excluding carboxylic acids is 1. The van der Waals surface area contributed by atoms with E-state index in [9.17, 15) is 9.18 Å². The summed E-state index contributed by atoms with van der Waals surface area (Å²) in [6, 6.07) is 12.0. The van der Waals surface area contributed by atoms with E-state index in [1.807, 2.05) is 41.1 Å². The van der Waals surface area contributed by atoms with E-state index in [0.29, 0.717) is 43.3 Å². The van der Waals surface area contributed by atoms with E-state index in [1.165, 1.54) is 12.1 Å². The molecule has 1 amide bonds. The summed E-state index contributed by atoms with van der Waals surface area (Å²) in [6.07, 6.45) is 4.80. The summed E-state index contributed by atoms with van der Waals surface area (Å²) in [4.78, 5) is 23.1. The number of aromatic nitrogens is 4. The van der Waals surface area contributed by atoms with Crippen LogP contribution in [0.5, 0.6) is 0 Å². The first-order valence-electron chi connectivity index (χ1n) is 9.45. The Kier molecular flexibility index (Phi) is 4.31. The topological polar surface area (TPSA) is 76.5 Å². The lowest BCUT2D eigenvalue weighted by Crippen LogP contribution is -2.38. The third kappa shape index (κ3) is 3.49. The molecule has 1 fully saturated rings. The lowest BCUT2D eigenvalue weighted by atomic mass is 9.97. The first-order valence-corrected chi connectivity index (χ1v) is 9.45. The highest BCUT2D eigenvalue weighted by molar-refractivity contribution is 5.77.